The van der Waals surface area contributed by atoms with Crippen molar-refractivity contribution < 1.29 is 53.4 Å². The number of alkyl halides is 5. The molecule has 5 aromatic carbocycles. The second-order valence-corrected chi connectivity index (χ2v) is 11.1. The lowest BCUT2D eigenvalue weighted by molar-refractivity contribution is -0.276. The Labute approximate surface area is 274 Å². The van der Waals surface area contributed by atoms with E-state index in [1.165, 1.54) is 6.07 Å². The molecule has 0 heterocycles. The van der Waals surface area contributed by atoms with Gasteiger partial charge in [0.15, 0.2) is 11.6 Å². The van der Waals surface area contributed by atoms with Crippen LogP contribution < -0.4 is 9.47 Å². The largest absolute Gasteiger partial charge is 0.573 e. The molecule has 0 spiro atoms. The number of hydrogen-bond donors (Lipinski definition) is 0. The van der Waals surface area contributed by atoms with Crippen LogP contribution in [0.15, 0.2) is 91.0 Å². The van der Waals surface area contributed by atoms with Crippen molar-refractivity contribution in [2.45, 2.75) is 45.1 Å². The van der Waals surface area contributed by atoms with Crippen LogP contribution in [0.5, 0.6) is 11.5 Å². The summed E-state index contributed by atoms with van der Waals surface area (Å²) in [5.41, 5.74) is -0.290. The molecule has 0 unspecified atom stereocenters. The van der Waals surface area contributed by atoms with Crippen LogP contribution >= 0.6 is 0 Å². The number of benzene rings is 5. The number of aryl methyl sites for hydroxylation is 1. The lowest BCUT2D eigenvalue weighted by Gasteiger charge is -2.20. The van der Waals surface area contributed by atoms with Gasteiger partial charge < -0.3 is 9.47 Å². The lowest BCUT2D eigenvalue weighted by atomic mass is 9.99. The Morgan fingerprint density at radius 1 is 0.510 bits per heavy atom. The van der Waals surface area contributed by atoms with Crippen molar-refractivity contribution in [3.8, 4) is 44.9 Å². The first kappa shape index (κ1) is 35.3. The minimum Gasteiger partial charge on any atom is -0.429 e. The van der Waals surface area contributed by atoms with Crippen LogP contribution in [0.4, 0.5) is 43.9 Å². The van der Waals surface area contributed by atoms with Gasteiger partial charge in [-0.2, -0.15) is 8.78 Å². The van der Waals surface area contributed by atoms with Crippen LogP contribution in [0, 0.1) is 29.1 Å². The van der Waals surface area contributed by atoms with E-state index in [0.29, 0.717) is 29.3 Å². The molecule has 0 saturated heterocycles. The molecular formula is C37H26F10O2. The van der Waals surface area contributed by atoms with Crippen molar-refractivity contribution in [2.24, 2.45) is 0 Å². The maximum absolute atomic E-state index is 15.1. The molecule has 0 aliphatic rings. The molecule has 2 nitrogen and oxygen atoms in total. The first-order valence-electron chi connectivity index (χ1n) is 15.0. The molecule has 49 heavy (non-hydrogen) atoms. The highest BCUT2D eigenvalue weighted by Crippen LogP contribution is 2.38. The van der Waals surface area contributed by atoms with Crippen LogP contribution in [0.25, 0.3) is 33.4 Å². The fourth-order valence-electron chi connectivity index (χ4n) is 5.22. The van der Waals surface area contributed by atoms with Gasteiger partial charge >= 0.3 is 12.5 Å². The summed E-state index contributed by atoms with van der Waals surface area (Å²) < 4.78 is 149. The first-order valence-corrected chi connectivity index (χ1v) is 15.0. The Bertz CT molecular complexity index is 1930. The summed E-state index contributed by atoms with van der Waals surface area (Å²) >= 11 is 0. The smallest absolute Gasteiger partial charge is 0.429 e. The maximum atomic E-state index is 15.1. The number of halogens is 10. The molecule has 0 saturated carbocycles. The van der Waals surface area contributed by atoms with Gasteiger partial charge in [0.25, 0.3) is 0 Å². The van der Waals surface area contributed by atoms with Gasteiger partial charge in [-0.15, -0.1) is 13.2 Å². The Hall–Kier alpha value is -5.00. The maximum Gasteiger partial charge on any atom is 0.573 e. The molecule has 0 aromatic heterocycles. The highest BCUT2D eigenvalue weighted by Gasteiger charge is 2.38. The van der Waals surface area contributed by atoms with E-state index in [0.717, 1.165) is 73.7 Å². The van der Waals surface area contributed by atoms with Crippen molar-refractivity contribution in [1.82, 2.24) is 0 Å². The highest BCUT2D eigenvalue weighted by atomic mass is 19.4. The van der Waals surface area contributed by atoms with Gasteiger partial charge in [-0.25, -0.2) is 22.0 Å². The normalized spacial score (nSPS) is 11.9. The molecule has 0 aliphatic heterocycles. The molecule has 5 rings (SSSR count). The molecule has 256 valence electrons. The van der Waals surface area contributed by atoms with E-state index in [1.54, 1.807) is 12.1 Å². The van der Waals surface area contributed by atoms with Crippen molar-refractivity contribution in [3.05, 3.63) is 131 Å². The predicted octanol–water partition coefficient (Wildman–Crippen LogP) is 12.1. The van der Waals surface area contributed by atoms with Crippen LogP contribution in [0.1, 0.15) is 37.3 Å². The van der Waals surface area contributed by atoms with E-state index in [4.69, 9.17) is 0 Å². The van der Waals surface area contributed by atoms with Crippen molar-refractivity contribution in [3.63, 3.8) is 0 Å². The zero-order valence-corrected chi connectivity index (χ0v) is 25.6. The average molecular weight is 693 g/mol. The fourth-order valence-corrected chi connectivity index (χ4v) is 5.22. The number of hydrogen-bond acceptors (Lipinski definition) is 2. The van der Waals surface area contributed by atoms with Gasteiger partial charge in [-0.3, -0.25) is 0 Å². The van der Waals surface area contributed by atoms with Crippen molar-refractivity contribution in [1.29, 1.82) is 0 Å². The van der Waals surface area contributed by atoms with Gasteiger partial charge in [-0.05, 0) is 83.1 Å². The molecule has 0 aliphatic carbocycles. The van der Waals surface area contributed by atoms with E-state index >= 15 is 13.2 Å². The number of rotatable bonds is 11. The predicted molar refractivity (Wildman–Crippen MR) is 163 cm³/mol. The second-order valence-electron chi connectivity index (χ2n) is 11.1. The third kappa shape index (κ3) is 8.36. The van der Waals surface area contributed by atoms with Crippen LogP contribution in [-0.2, 0) is 12.5 Å². The topological polar surface area (TPSA) is 18.5 Å². The Morgan fingerprint density at radius 3 is 1.65 bits per heavy atom. The van der Waals surface area contributed by atoms with Crippen LogP contribution in [0.2, 0.25) is 0 Å². The SMILES string of the molecule is CCCCCc1ccc(-c2ccc(C(F)(F)Oc3ccc(-c4ccc(-c5cc(F)c(OC(F)(F)F)c(F)c5)c(F)c4)c(F)c3)c(F)c2)cc1. The summed E-state index contributed by atoms with van der Waals surface area (Å²) in [7, 11) is 0. The van der Waals surface area contributed by atoms with E-state index in [9.17, 15) is 30.7 Å². The molecule has 0 atom stereocenters. The van der Waals surface area contributed by atoms with E-state index in [1.807, 2.05) is 12.1 Å². The fraction of sp³-hybridized carbons (Fsp3) is 0.189. The van der Waals surface area contributed by atoms with Crippen molar-refractivity contribution in [2.75, 3.05) is 0 Å². The lowest BCUT2D eigenvalue weighted by Crippen LogP contribution is -2.23. The second kappa shape index (κ2) is 14.2. The van der Waals surface area contributed by atoms with Crippen LogP contribution in [-0.4, -0.2) is 6.36 Å². The summed E-state index contributed by atoms with van der Waals surface area (Å²) in [6, 6.07) is 16.8. The van der Waals surface area contributed by atoms with Gasteiger partial charge in [0.1, 0.15) is 23.2 Å². The van der Waals surface area contributed by atoms with Crippen molar-refractivity contribution >= 4 is 0 Å². The summed E-state index contributed by atoms with van der Waals surface area (Å²) in [5.74, 6) is -9.38. The summed E-state index contributed by atoms with van der Waals surface area (Å²) in [4.78, 5) is 0. The van der Waals surface area contributed by atoms with Gasteiger partial charge in [0, 0.05) is 17.2 Å². The Balaban J connectivity index is 1.31. The number of unbranched alkanes of at least 4 members (excludes halogenated alkanes) is 2. The third-order valence-electron chi connectivity index (χ3n) is 7.63. The molecule has 0 amide bonds. The molecule has 0 fully saturated rings. The van der Waals surface area contributed by atoms with E-state index in [-0.39, 0.29) is 11.1 Å². The molecule has 12 heteroatoms. The molecule has 0 radical (unpaired) electrons. The average Bonchev–Trinajstić information content (AvgIpc) is 3.02. The van der Waals surface area contributed by atoms with E-state index in [2.05, 4.69) is 16.4 Å². The van der Waals surface area contributed by atoms with Gasteiger partial charge in [0.2, 0.25) is 5.75 Å². The monoisotopic (exact) mass is 692 g/mol. The molecule has 5 aromatic rings. The Kier molecular flexibility index (Phi) is 10.3. The first-order chi connectivity index (χ1) is 23.1. The standard InChI is InChI=1S/C37H26F10O2/c1-2-3-4-5-21-6-8-22(9-7-21)23-11-15-29(32(40)16-23)36(43,44)48-26-12-14-27(31(39)20-26)24-10-13-28(30(38)17-24)25-18-33(41)35(34(42)19-25)49-37(45,46)47/h6-20H,2-5H2,1H3. The summed E-state index contributed by atoms with van der Waals surface area (Å²) in [5, 5.41) is 0. The van der Waals surface area contributed by atoms with Gasteiger partial charge in [0.05, 0.1) is 5.56 Å². The Morgan fingerprint density at radius 2 is 1.06 bits per heavy atom. The highest BCUT2D eigenvalue weighted by molar-refractivity contribution is 5.72. The quantitative estimate of drug-likeness (QED) is 0.101. The summed E-state index contributed by atoms with van der Waals surface area (Å²) in [6.07, 6.45) is -5.48. The number of ether oxygens (including phenoxy) is 2. The zero-order valence-electron chi connectivity index (χ0n) is 25.6. The summed E-state index contributed by atoms with van der Waals surface area (Å²) in [6.45, 7) is 2.10. The van der Waals surface area contributed by atoms with E-state index < -0.39 is 69.7 Å². The zero-order chi connectivity index (χ0) is 35.5. The molecule has 0 N–H and O–H groups in total. The minimum atomic E-state index is -5.38. The van der Waals surface area contributed by atoms with Gasteiger partial charge in [-0.1, -0.05) is 62.2 Å². The van der Waals surface area contributed by atoms with Crippen LogP contribution in [0.3, 0.4) is 0 Å². The molecule has 0 bridgehead atoms. The molecular weight excluding hydrogens is 666 g/mol. The minimum absolute atomic E-state index is 0.120. The third-order valence-corrected chi connectivity index (χ3v) is 7.63.